The molecular formula is C27H25O2P. The molecule has 0 aliphatic heterocycles. The second-order valence-corrected chi connectivity index (χ2v) is 12.0. The third-order valence-electron chi connectivity index (χ3n) is 5.85. The van der Waals surface area contributed by atoms with E-state index in [0.717, 1.165) is 15.9 Å². The van der Waals surface area contributed by atoms with E-state index in [0.29, 0.717) is 5.56 Å². The van der Waals surface area contributed by atoms with Crippen LogP contribution in [0.5, 0.6) is 0 Å². The number of carbonyl (C=O) groups excluding carboxylic acids is 1. The van der Waals surface area contributed by atoms with Crippen LogP contribution in [0.25, 0.3) is 0 Å². The zero-order chi connectivity index (χ0) is 20.9. The first-order valence-electron chi connectivity index (χ1n) is 10.0. The number of rotatable bonds is 7. The van der Waals surface area contributed by atoms with Gasteiger partial charge in [-0.15, -0.1) is 0 Å². The van der Waals surface area contributed by atoms with Crippen LogP contribution < -0.4 is 15.9 Å². The summed E-state index contributed by atoms with van der Waals surface area (Å²) < 4.78 is 6.69. The zero-order valence-corrected chi connectivity index (χ0v) is 17.9. The predicted octanol–water partition coefficient (Wildman–Crippen LogP) is 4.96. The number of Topliss-reactive ketones (excluding diaryl/α,β-unsaturated/α-hetero) is 1. The molecule has 0 atom stereocenters. The Hall–Kier alpha value is -3.06. The summed E-state index contributed by atoms with van der Waals surface area (Å²) in [6.07, 6.45) is 0.268. The Morgan fingerprint density at radius 3 is 1.27 bits per heavy atom. The quantitative estimate of drug-likeness (QED) is 0.317. The second-order valence-electron chi connectivity index (χ2n) is 7.35. The van der Waals surface area contributed by atoms with Crippen molar-refractivity contribution in [3.05, 3.63) is 127 Å². The van der Waals surface area contributed by atoms with E-state index in [1.807, 2.05) is 84.9 Å². The fraction of sp³-hybridized carbons (Fsp3) is 0.0741. The Kier molecular flexibility index (Phi) is 5.63. The van der Waals surface area contributed by atoms with Crippen LogP contribution in [0.3, 0.4) is 0 Å². The Labute approximate surface area is 178 Å². The summed E-state index contributed by atoms with van der Waals surface area (Å²) in [4.78, 5) is 13.7. The van der Waals surface area contributed by atoms with Gasteiger partial charge in [-0.25, -0.2) is 0 Å². The zero-order valence-electron chi connectivity index (χ0n) is 17.0. The topological polar surface area (TPSA) is 26.3 Å². The van der Waals surface area contributed by atoms with E-state index >= 15 is 0 Å². The van der Waals surface area contributed by atoms with Gasteiger partial charge in [0.05, 0.1) is 0 Å². The summed E-state index contributed by atoms with van der Waals surface area (Å²) in [5.74, 6) is 0.0756. The molecule has 30 heavy (non-hydrogen) atoms. The number of hydrogen-bond acceptors (Lipinski definition) is 2. The molecule has 0 N–H and O–H groups in total. The Bertz CT molecular complexity index is 1010. The Balaban J connectivity index is 2.08. The number of ketones is 1. The van der Waals surface area contributed by atoms with Gasteiger partial charge in [-0.05, 0) is 0 Å². The molecular weight excluding hydrogens is 387 g/mol. The minimum atomic E-state index is -3.56. The summed E-state index contributed by atoms with van der Waals surface area (Å²) >= 11 is 0. The monoisotopic (exact) mass is 412 g/mol. The van der Waals surface area contributed by atoms with Crippen LogP contribution in [-0.4, -0.2) is 19.1 Å². The molecule has 0 aromatic heterocycles. The molecule has 150 valence electrons. The van der Waals surface area contributed by atoms with Gasteiger partial charge < -0.3 is 0 Å². The predicted molar refractivity (Wildman–Crippen MR) is 128 cm³/mol. The van der Waals surface area contributed by atoms with Crippen molar-refractivity contribution >= 4 is 28.5 Å². The van der Waals surface area contributed by atoms with Crippen LogP contribution in [0, 0.1) is 0 Å². The van der Waals surface area contributed by atoms with Crippen molar-refractivity contribution in [1.82, 2.24) is 0 Å². The van der Waals surface area contributed by atoms with Gasteiger partial charge in [0.1, 0.15) is 0 Å². The molecule has 0 saturated heterocycles. The maximum atomic E-state index is 13.7. The molecule has 4 aromatic rings. The molecule has 0 amide bonds. The van der Waals surface area contributed by atoms with Gasteiger partial charge in [-0.3, -0.25) is 0 Å². The van der Waals surface area contributed by atoms with Gasteiger partial charge in [0.15, 0.2) is 0 Å². The second kappa shape index (κ2) is 8.36. The molecule has 0 aliphatic carbocycles. The van der Waals surface area contributed by atoms with Crippen molar-refractivity contribution in [2.24, 2.45) is 0 Å². The molecule has 0 unspecified atom stereocenters. The maximum absolute atomic E-state index is 13.7. The van der Waals surface area contributed by atoms with Crippen molar-refractivity contribution in [2.45, 2.75) is 0 Å². The van der Waals surface area contributed by atoms with E-state index in [1.165, 1.54) is 0 Å². The number of carbonyl (C=O) groups is 1. The summed E-state index contributed by atoms with van der Waals surface area (Å²) in [7, 11) is 1.75. The third-order valence-corrected chi connectivity index (χ3v) is 11.7. The Morgan fingerprint density at radius 1 is 0.600 bits per heavy atom. The number of hydrogen-bond donors (Lipinski definition) is 0. The van der Waals surface area contributed by atoms with Crippen molar-refractivity contribution in [1.29, 1.82) is 0 Å². The molecule has 3 heteroatoms. The van der Waals surface area contributed by atoms with Crippen LogP contribution in [-0.2, 0) is 4.52 Å². The van der Waals surface area contributed by atoms with Gasteiger partial charge in [-0.2, -0.15) is 0 Å². The van der Waals surface area contributed by atoms with E-state index in [9.17, 15) is 4.79 Å². The van der Waals surface area contributed by atoms with Crippen LogP contribution >= 0.6 is 6.83 Å². The molecule has 0 saturated carbocycles. The Morgan fingerprint density at radius 2 is 0.933 bits per heavy atom. The summed E-state index contributed by atoms with van der Waals surface area (Å²) in [5.41, 5.74) is 0.700. The van der Waals surface area contributed by atoms with Crippen molar-refractivity contribution in [3.8, 4) is 0 Å². The summed E-state index contributed by atoms with van der Waals surface area (Å²) in [6.45, 7) is -3.56. The molecule has 0 bridgehead atoms. The first kappa shape index (κ1) is 20.2. The van der Waals surface area contributed by atoms with E-state index in [1.54, 1.807) is 7.11 Å². The average Bonchev–Trinajstić information content (AvgIpc) is 2.85. The molecule has 0 radical (unpaired) electrons. The van der Waals surface area contributed by atoms with Crippen LogP contribution in [0.4, 0.5) is 0 Å². The van der Waals surface area contributed by atoms with Crippen LogP contribution in [0.2, 0.25) is 0 Å². The average molecular weight is 412 g/mol. The summed E-state index contributed by atoms with van der Waals surface area (Å²) in [6, 6.07) is 40.2. The van der Waals surface area contributed by atoms with Crippen molar-refractivity contribution in [2.75, 3.05) is 13.3 Å². The van der Waals surface area contributed by atoms with Gasteiger partial charge in [0.2, 0.25) is 0 Å². The van der Waals surface area contributed by atoms with Gasteiger partial charge in [0.25, 0.3) is 0 Å². The molecule has 4 rings (SSSR count). The van der Waals surface area contributed by atoms with E-state index in [2.05, 4.69) is 36.4 Å². The molecule has 2 nitrogen and oxygen atoms in total. The molecule has 0 spiro atoms. The first-order chi connectivity index (χ1) is 14.7. The normalized spacial score (nSPS) is 12.6. The fourth-order valence-corrected chi connectivity index (χ4v) is 9.66. The molecule has 4 aromatic carbocycles. The van der Waals surface area contributed by atoms with Crippen LogP contribution in [0.15, 0.2) is 121 Å². The van der Waals surface area contributed by atoms with Gasteiger partial charge in [0, 0.05) is 0 Å². The fourth-order valence-electron chi connectivity index (χ4n) is 4.32. The standard InChI is InChI=1S/C27H25O2P/c1-29-30(24-16-8-3-9-17-24,25-18-10-4-11-19-25,26-20-12-5-13-21-26)22-27(28)23-14-6-2-7-15-23/h2-21H,22H2,1H3. The van der Waals surface area contributed by atoms with Crippen molar-refractivity contribution in [3.63, 3.8) is 0 Å². The van der Waals surface area contributed by atoms with Crippen LogP contribution in [0.1, 0.15) is 10.4 Å². The first-order valence-corrected chi connectivity index (χ1v) is 12.4. The SMILES string of the molecule is COP(CC(=O)c1ccccc1)(c1ccccc1)(c1ccccc1)c1ccccc1. The number of benzene rings is 4. The molecule has 0 heterocycles. The minimum absolute atomic E-state index is 0.0756. The van der Waals surface area contributed by atoms with E-state index in [4.69, 9.17) is 4.52 Å². The van der Waals surface area contributed by atoms with Gasteiger partial charge >= 0.3 is 178 Å². The van der Waals surface area contributed by atoms with E-state index < -0.39 is 6.83 Å². The molecule has 0 fully saturated rings. The van der Waals surface area contributed by atoms with Gasteiger partial charge in [-0.1, -0.05) is 0 Å². The molecule has 0 aliphatic rings. The third kappa shape index (κ3) is 3.19. The summed E-state index contributed by atoms with van der Waals surface area (Å²) in [5, 5.41) is 3.15. The van der Waals surface area contributed by atoms with Crippen molar-refractivity contribution < 1.29 is 9.32 Å². The van der Waals surface area contributed by atoms with E-state index in [-0.39, 0.29) is 11.9 Å².